The van der Waals surface area contributed by atoms with E-state index in [2.05, 4.69) is 23.8 Å². The molecule has 4 rings (SSSR count). The highest BCUT2D eigenvalue weighted by molar-refractivity contribution is 6.32. The Balaban J connectivity index is 1.72. The number of nitrogens with one attached hydrogen (secondary N) is 2. The van der Waals surface area contributed by atoms with E-state index in [-0.39, 0.29) is 48.9 Å². The lowest BCUT2D eigenvalue weighted by atomic mass is 9.92. The summed E-state index contributed by atoms with van der Waals surface area (Å²) in [6.45, 7) is 9.86. The number of fused-ring (bicyclic) bond motifs is 2. The molecule has 12 heteroatoms. The van der Waals surface area contributed by atoms with Crippen LogP contribution in [0.3, 0.4) is 0 Å². The minimum absolute atomic E-state index is 0.0145. The molecule has 0 heterocycles. The van der Waals surface area contributed by atoms with E-state index < -0.39 is 24.1 Å². The van der Waals surface area contributed by atoms with Crippen LogP contribution in [-0.2, 0) is 19.1 Å². The van der Waals surface area contributed by atoms with Crippen molar-refractivity contribution >= 4 is 68.9 Å². The summed E-state index contributed by atoms with van der Waals surface area (Å²) in [6, 6.07) is 17.1. The van der Waals surface area contributed by atoms with Gasteiger partial charge >= 0.3 is 24.1 Å². The topological polar surface area (TPSA) is 129 Å². The first-order valence-electron chi connectivity index (χ1n) is 14.0. The molecule has 0 saturated carbocycles. The summed E-state index contributed by atoms with van der Waals surface area (Å²) < 4.78 is 21.6. The van der Waals surface area contributed by atoms with Gasteiger partial charge in [0.2, 0.25) is 0 Å². The molecule has 4 aromatic rings. The summed E-state index contributed by atoms with van der Waals surface area (Å²) >= 11 is 12.6. The monoisotopic (exact) mass is 664 g/mol. The number of hydrogen-bond acceptors (Lipinski definition) is 8. The van der Waals surface area contributed by atoms with Gasteiger partial charge < -0.3 is 29.6 Å². The largest absolute Gasteiger partial charge is 0.460 e. The summed E-state index contributed by atoms with van der Waals surface area (Å²) in [5.74, 6) is -0.867. The van der Waals surface area contributed by atoms with E-state index >= 15 is 0 Å². The van der Waals surface area contributed by atoms with E-state index in [1.807, 2.05) is 0 Å². The lowest BCUT2D eigenvalue weighted by Gasteiger charge is -2.19. The smallest absolute Gasteiger partial charge is 0.412 e. The zero-order valence-electron chi connectivity index (χ0n) is 25.0. The summed E-state index contributed by atoms with van der Waals surface area (Å²) in [6.07, 6.45) is -1.62. The van der Waals surface area contributed by atoms with Gasteiger partial charge in [-0.1, -0.05) is 60.6 Å². The van der Waals surface area contributed by atoms with Gasteiger partial charge in [-0.2, -0.15) is 0 Å². The average molecular weight is 666 g/mol. The molecule has 10 nitrogen and oxygen atoms in total. The second-order valence-electron chi connectivity index (χ2n) is 10.1. The van der Waals surface area contributed by atoms with Crippen LogP contribution in [0.5, 0.6) is 11.5 Å². The third kappa shape index (κ3) is 8.56. The molecule has 238 valence electrons. The highest BCUT2D eigenvalue weighted by atomic mass is 35.5. The Morgan fingerprint density at radius 3 is 1.39 bits per heavy atom. The van der Waals surface area contributed by atoms with Crippen molar-refractivity contribution in [1.29, 1.82) is 0 Å². The molecule has 2 N–H and O–H groups in total. The lowest BCUT2D eigenvalue weighted by molar-refractivity contribution is -0.139. The van der Waals surface area contributed by atoms with Crippen LogP contribution >= 0.6 is 23.2 Å². The molecule has 0 aromatic heterocycles. The SMILES string of the molecule is C=C(C)C(=O)OCCNC(=O)Oc1ccc2cc(Cl)ccc2c1-c1c(OC(=O)NCCOC(=O)C(=C)C)ccc2cc(Cl)ccc12. The van der Waals surface area contributed by atoms with Crippen LogP contribution in [0.1, 0.15) is 13.8 Å². The maximum atomic E-state index is 12.9. The van der Waals surface area contributed by atoms with Gasteiger partial charge in [0.25, 0.3) is 0 Å². The Labute approximate surface area is 274 Å². The number of benzene rings is 4. The van der Waals surface area contributed by atoms with Gasteiger partial charge in [-0.25, -0.2) is 19.2 Å². The van der Waals surface area contributed by atoms with E-state index in [1.54, 1.807) is 60.7 Å². The van der Waals surface area contributed by atoms with Crippen LogP contribution in [0.2, 0.25) is 10.0 Å². The minimum atomic E-state index is -0.811. The van der Waals surface area contributed by atoms with E-state index in [4.69, 9.17) is 42.1 Å². The van der Waals surface area contributed by atoms with E-state index in [0.717, 1.165) is 10.8 Å². The number of halogens is 2. The number of carbonyl (C=O) groups is 4. The minimum Gasteiger partial charge on any atom is -0.460 e. The zero-order chi connectivity index (χ0) is 33.4. The summed E-state index contributed by atoms with van der Waals surface area (Å²) in [5.41, 5.74) is 1.34. The lowest BCUT2D eigenvalue weighted by Crippen LogP contribution is -2.31. The highest BCUT2D eigenvalue weighted by Crippen LogP contribution is 2.46. The molecule has 2 amide bonds. The predicted octanol–water partition coefficient (Wildman–Crippen LogP) is 7.38. The van der Waals surface area contributed by atoms with Crippen molar-refractivity contribution in [1.82, 2.24) is 10.6 Å². The standard InChI is InChI=1S/C34H30Cl2N2O8/c1-19(2)31(39)43-15-13-37-33(41)45-27-11-5-21-17-23(35)7-9-25(21)29(27)30-26-10-8-24(36)18-22(26)6-12-28(30)46-34(42)38-14-16-44-32(40)20(3)4/h5-12,17-18H,1,3,13-16H2,2,4H3,(H,37,41)(H,38,42). The van der Waals surface area contributed by atoms with Crippen molar-refractivity contribution in [3.05, 3.63) is 95.0 Å². The Morgan fingerprint density at radius 1 is 0.630 bits per heavy atom. The molecule has 0 bridgehead atoms. The fourth-order valence-corrected chi connectivity index (χ4v) is 4.72. The van der Waals surface area contributed by atoms with Crippen LogP contribution in [0.15, 0.2) is 85.0 Å². The normalized spacial score (nSPS) is 10.6. The molecule has 0 fully saturated rings. The van der Waals surface area contributed by atoms with Crippen molar-refractivity contribution < 1.29 is 38.1 Å². The molecule has 0 radical (unpaired) electrons. The number of rotatable bonds is 11. The fraction of sp³-hybridized carbons (Fsp3) is 0.176. The van der Waals surface area contributed by atoms with Gasteiger partial charge in [-0.3, -0.25) is 0 Å². The zero-order valence-corrected chi connectivity index (χ0v) is 26.5. The molecule has 0 atom stereocenters. The Kier molecular flexibility index (Phi) is 11.2. The number of amides is 2. The summed E-state index contributed by atoms with van der Waals surface area (Å²) in [7, 11) is 0. The van der Waals surface area contributed by atoms with Gasteiger partial charge in [0.05, 0.1) is 13.1 Å². The van der Waals surface area contributed by atoms with Gasteiger partial charge in [0, 0.05) is 32.3 Å². The number of carbonyl (C=O) groups excluding carboxylic acids is 4. The van der Waals surface area contributed by atoms with Crippen LogP contribution in [0, 0.1) is 0 Å². The predicted molar refractivity (Wildman–Crippen MR) is 177 cm³/mol. The molecular weight excluding hydrogens is 635 g/mol. The third-order valence-electron chi connectivity index (χ3n) is 6.45. The van der Waals surface area contributed by atoms with Gasteiger partial charge in [-0.05, 0) is 71.8 Å². The molecular formula is C34H30Cl2N2O8. The highest BCUT2D eigenvalue weighted by Gasteiger charge is 2.22. The first-order chi connectivity index (χ1) is 21.9. The average Bonchev–Trinajstić information content (AvgIpc) is 3.01. The summed E-state index contributed by atoms with van der Waals surface area (Å²) in [5, 5.41) is 8.82. The third-order valence-corrected chi connectivity index (χ3v) is 6.92. The van der Waals surface area contributed by atoms with E-state index in [9.17, 15) is 19.2 Å². The van der Waals surface area contributed by atoms with Gasteiger partial charge in [0.1, 0.15) is 24.7 Å². The number of ether oxygens (including phenoxy) is 4. The quantitative estimate of drug-likeness (QED) is 0.0965. The van der Waals surface area contributed by atoms with E-state index in [0.29, 0.717) is 31.9 Å². The maximum Gasteiger partial charge on any atom is 0.412 e. The van der Waals surface area contributed by atoms with Crippen molar-refractivity contribution in [2.45, 2.75) is 13.8 Å². The van der Waals surface area contributed by atoms with Crippen LogP contribution < -0.4 is 20.1 Å². The van der Waals surface area contributed by atoms with Crippen molar-refractivity contribution in [2.75, 3.05) is 26.3 Å². The van der Waals surface area contributed by atoms with Gasteiger partial charge in [0.15, 0.2) is 0 Å². The molecule has 0 aliphatic heterocycles. The van der Waals surface area contributed by atoms with Crippen molar-refractivity contribution in [3.63, 3.8) is 0 Å². The maximum absolute atomic E-state index is 12.9. The molecule has 46 heavy (non-hydrogen) atoms. The first-order valence-corrected chi connectivity index (χ1v) is 14.7. The fourth-order valence-electron chi connectivity index (χ4n) is 4.36. The summed E-state index contributed by atoms with van der Waals surface area (Å²) in [4.78, 5) is 49.1. The van der Waals surface area contributed by atoms with Crippen LogP contribution in [0.25, 0.3) is 32.7 Å². The second-order valence-corrected chi connectivity index (χ2v) is 10.9. The second kappa shape index (κ2) is 15.3. The Bertz CT molecular complexity index is 1740. The molecule has 0 aliphatic rings. The molecule has 0 aliphatic carbocycles. The Hall–Kier alpha value is -5.06. The number of hydrogen-bond donors (Lipinski definition) is 2. The molecule has 4 aromatic carbocycles. The number of esters is 2. The van der Waals surface area contributed by atoms with Crippen molar-refractivity contribution in [2.24, 2.45) is 0 Å². The van der Waals surface area contributed by atoms with Gasteiger partial charge in [-0.15, -0.1) is 0 Å². The molecule has 0 unspecified atom stereocenters. The molecule has 0 saturated heterocycles. The van der Waals surface area contributed by atoms with Crippen LogP contribution in [0.4, 0.5) is 9.59 Å². The van der Waals surface area contributed by atoms with Crippen molar-refractivity contribution in [3.8, 4) is 22.6 Å². The molecule has 0 spiro atoms. The van der Waals surface area contributed by atoms with E-state index in [1.165, 1.54) is 13.8 Å². The Morgan fingerprint density at radius 2 is 1.02 bits per heavy atom. The first kappa shape index (κ1) is 33.8. The van der Waals surface area contributed by atoms with Crippen LogP contribution in [-0.4, -0.2) is 50.4 Å².